The fraction of sp³-hybridized carbons (Fsp3) is 0.429. The number of benzene rings is 1. The maximum Gasteiger partial charge on any atom is 0.336 e. The second-order valence-corrected chi connectivity index (χ2v) is 4.35. The summed E-state index contributed by atoms with van der Waals surface area (Å²) in [4.78, 5) is 22.7. The van der Waals surface area contributed by atoms with E-state index in [1.165, 1.54) is 26.4 Å². The smallest absolute Gasteiger partial charge is 0.336 e. The lowest BCUT2D eigenvalue weighted by molar-refractivity contribution is 0.0651. The van der Waals surface area contributed by atoms with Crippen molar-refractivity contribution < 1.29 is 29.3 Å². The zero-order chi connectivity index (χ0) is 15.4. The van der Waals surface area contributed by atoms with E-state index >= 15 is 0 Å². The van der Waals surface area contributed by atoms with Crippen molar-refractivity contribution in [3.8, 4) is 0 Å². The molecule has 20 heavy (non-hydrogen) atoms. The number of carbonyl (C=O) groups is 2. The Morgan fingerprint density at radius 2 is 1.20 bits per heavy atom. The Morgan fingerprint density at radius 1 is 0.900 bits per heavy atom. The molecule has 0 saturated carbocycles. The van der Waals surface area contributed by atoms with Gasteiger partial charge in [-0.25, -0.2) is 9.59 Å². The van der Waals surface area contributed by atoms with Crippen LogP contribution >= 0.6 is 0 Å². The van der Waals surface area contributed by atoms with E-state index in [0.29, 0.717) is 11.1 Å². The van der Waals surface area contributed by atoms with Crippen LogP contribution in [-0.4, -0.2) is 36.4 Å². The van der Waals surface area contributed by atoms with Gasteiger partial charge in [-0.1, -0.05) is 0 Å². The molecule has 0 amide bonds. The van der Waals surface area contributed by atoms with Crippen LogP contribution in [0.3, 0.4) is 0 Å². The van der Waals surface area contributed by atoms with Crippen LogP contribution in [0.25, 0.3) is 0 Å². The highest BCUT2D eigenvalue weighted by Crippen LogP contribution is 2.33. The molecule has 2 atom stereocenters. The van der Waals surface area contributed by atoms with Gasteiger partial charge in [-0.3, -0.25) is 0 Å². The van der Waals surface area contributed by atoms with Crippen molar-refractivity contribution >= 4 is 11.9 Å². The van der Waals surface area contributed by atoms with Crippen LogP contribution < -0.4 is 0 Å². The second kappa shape index (κ2) is 6.49. The van der Waals surface area contributed by atoms with E-state index < -0.39 is 24.1 Å². The molecule has 0 aliphatic rings. The molecule has 0 aliphatic heterocycles. The lowest BCUT2D eigenvalue weighted by atomic mass is 9.89. The molecule has 2 N–H and O–H groups in total. The number of hydrogen-bond donors (Lipinski definition) is 2. The van der Waals surface area contributed by atoms with Crippen LogP contribution in [0.2, 0.25) is 0 Å². The maximum absolute atomic E-state index is 11.3. The molecule has 6 nitrogen and oxygen atoms in total. The number of methoxy groups -OCH3 is 2. The number of rotatable bonds is 6. The van der Waals surface area contributed by atoms with Crippen molar-refractivity contribution in [3.63, 3.8) is 0 Å². The van der Waals surface area contributed by atoms with Gasteiger partial charge in [0, 0.05) is 25.3 Å². The molecule has 1 aromatic rings. The summed E-state index contributed by atoms with van der Waals surface area (Å²) >= 11 is 0. The quantitative estimate of drug-likeness (QED) is 0.832. The van der Waals surface area contributed by atoms with E-state index in [-0.39, 0.29) is 11.1 Å². The van der Waals surface area contributed by atoms with E-state index in [2.05, 4.69) is 0 Å². The monoisotopic (exact) mass is 282 g/mol. The Balaban J connectivity index is 3.72. The molecule has 0 fully saturated rings. The summed E-state index contributed by atoms with van der Waals surface area (Å²) in [6, 6.07) is 2.56. The molecule has 0 heterocycles. The summed E-state index contributed by atoms with van der Waals surface area (Å²) in [5.41, 5.74) is 0.690. The van der Waals surface area contributed by atoms with Crippen LogP contribution in [0.4, 0.5) is 0 Å². The third-order valence-corrected chi connectivity index (χ3v) is 3.27. The van der Waals surface area contributed by atoms with Crippen LogP contribution in [0.1, 0.15) is 57.9 Å². The molecule has 1 aromatic carbocycles. The largest absolute Gasteiger partial charge is 0.478 e. The molecule has 0 saturated heterocycles. The van der Waals surface area contributed by atoms with E-state index in [4.69, 9.17) is 9.47 Å². The van der Waals surface area contributed by atoms with Gasteiger partial charge >= 0.3 is 11.9 Å². The van der Waals surface area contributed by atoms with Crippen molar-refractivity contribution in [3.05, 3.63) is 34.4 Å². The van der Waals surface area contributed by atoms with Gasteiger partial charge in [0.1, 0.15) is 0 Å². The summed E-state index contributed by atoms with van der Waals surface area (Å²) in [6.45, 7) is 3.33. The van der Waals surface area contributed by atoms with Gasteiger partial charge < -0.3 is 19.7 Å². The van der Waals surface area contributed by atoms with Crippen LogP contribution in [0.15, 0.2) is 12.1 Å². The maximum atomic E-state index is 11.3. The standard InChI is InChI=1S/C14H18O6/c1-7(19-3)11-9(13(15)16)5-6-10(14(17)18)12(11)8(2)20-4/h5-8H,1-4H3,(H,15,16)(H,17,18). The zero-order valence-corrected chi connectivity index (χ0v) is 11.8. The predicted molar refractivity (Wildman–Crippen MR) is 71.2 cm³/mol. The van der Waals surface area contributed by atoms with Gasteiger partial charge in [0.15, 0.2) is 0 Å². The topological polar surface area (TPSA) is 93.1 Å². The van der Waals surface area contributed by atoms with Crippen molar-refractivity contribution in [1.29, 1.82) is 0 Å². The predicted octanol–water partition coefficient (Wildman–Crippen LogP) is 2.50. The molecule has 0 radical (unpaired) electrons. The van der Waals surface area contributed by atoms with Gasteiger partial charge in [0.25, 0.3) is 0 Å². The van der Waals surface area contributed by atoms with Crippen molar-refractivity contribution in [2.75, 3.05) is 14.2 Å². The summed E-state index contributed by atoms with van der Waals surface area (Å²) < 4.78 is 10.4. The normalized spacial score (nSPS) is 13.8. The summed E-state index contributed by atoms with van der Waals surface area (Å²) in [5, 5.41) is 18.5. The van der Waals surface area contributed by atoms with Crippen LogP contribution in [0, 0.1) is 0 Å². The van der Waals surface area contributed by atoms with E-state index in [1.807, 2.05) is 0 Å². The summed E-state index contributed by atoms with van der Waals surface area (Å²) in [5.74, 6) is -2.27. The first-order chi connectivity index (χ1) is 9.34. The van der Waals surface area contributed by atoms with Crippen molar-refractivity contribution in [1.82, 2.24) is 0 Å². The van der Waals surface area contributed by atoms with Gasteiger partial charge in [0.2, 0.25) is 0 Å². The number of carboxylic acids is 2. The third kappa shape index (κ3) is 2.97. The van der Waals surface area contributed by atoms with Crippen LogP contribution in [0.5, 0.6) is 0 Å². The second-order valence-electron chi connectivity index (χ2n) is 4.35. The molecule has 110 valence electrons. The minimum Gasteiger partial charge on any atom is -0.478 e. The molecule has 1 rings (SSSR count). The zero-order valence-electron chi connectivity index (χ0n) is 11.8. The SMILES string of the molecule is COC(C)c1c(C(=O)O)ccc(C(=O)O)c1C(C)OC. The van der Waals surface area contributed by atoms with Gasteiger partial charge in [-0.05, 0) is 26.0 Å². The Labute approximate surface area is 116 Å². The van der Waals surface area contributed by atoms with Crippen molar-refractivity contribution in [2.45, 2.75) is 26.1 Å². The molecular weight excluding hydrogens is 264 g/mol. The average molecular weight is 282 g/mol. The Morgan fingerprint density at radius 3 is 1.40 bits per heavy atom. The highest BCUT2D eigenvalue weighted by molar-refractivity contribution is 5.95. The number of hydrogen-bond acceptors (Lipinski definition) is 4. The number of carboxylic acid groups (broad SMARTS) is 2. The first-order valence-electron chi connectivity index (χ1n) is 6.04. The fourth-order valence-corrected chi connectivity index (χ4v) is 2.12. The summed E-state index contributed by atoms with van der Waals surface area (Å²) in [7, 11) is 2.87. The first kappa shape index (κ1) is 16.1. The number of aromatic carboxylic acids is 2. The van der Waals surface area contributed by atoms with Gasteiger partial charge in [0.05, 0.1) is 23.3 Å². The molecule has 0 aliphatic carbocycles. The third-order valence-electron chi connectivity index (χ3n) is 3.27. The highest BCUT2D eigenvalue weighted by Gasteiger charge is 2.27. The fourth-order valence-electron chi connectivity index (χ4n) is 2.12. The Hall–Kier alpha value is -1.92. The van der Waals surface area contributed by atoms with Gasteiger partial charge in [-0.15, -0.1) is 0 Å². The molecule has 2 unspecified atom stereocenters. The molecule has 0 bridgehead atoms. The number of ether oxygens (including phenoxy) is 2. The lowest BCUT2D eigenvalue weighted by Crippen LogP contribution is -2.17. The minimum absolute atomic E-state index is 0.0169. The van der Waals surface area contributed by atoms with E-state index in [0.717, 1.165) is 0 Å². The molecule has 0 spiro atoms. The van der Waals surface area contributed by atoms with E-state index in [9.17, 15) is 19.8 Å². The Kier molecular flexibility index (Phi) is 5.24. The molecule has 6 heteroatoms. The van der Waals surface area contributed by atoms with Gasteiger partial charge in [-0.2, -0.15) is 0 Å². The van der Waals surface area contributed by atoms with Crippen molar-refractivity contribution in [2.24, 2.45) is 0 Å². The van der Waals surface area contributed by atoms with Crippen LogP contribution in [-0.2, 0) is 9.47 Å². The lowest BCUT2D eigenvalue weighted by Gasteiger charge is -2.23. The Bertz CT molecular complexity index is 476. The minimum atomic E-state index is -1.13. The molecule has 0 aromatic heterocycles. The highest BCUT2D eigenvalue weighted by atomic mass is 16.5. The molecular formula is C14H18O6. The summed E-state index contributed by atoms with van der Waals surface area (Å²) in [6.07, 6.45) is -1.12. The first-order valence-corrected chi connectivity index (χ1v) is 6.04. The van der Waals surface area contributed by atoms with E-state index in [1.54, 1.807) is 13.8 Å². The average Bonchev–Trinajstić information content (AvgIpc) is 2.43.